The molecule has 0 bridgehead atoms. The van der Waals surface area contributed by atoms with Crippen molar-refractivity contribution in [3.05, 3.63) is 52.0 Å². The maximum atomic E-state index is 12.1. The highest BCUT2D eigenvalue weighted by Gasteiger charge is 2.18. The predicted octanol–water partition coefficient (Wildman–Crippen LogP) is 4.39. The fourth-order valence-electron chi connectivity index (χ4n) is 3.24. The molecule has 1 amide bonds. The monoisotopic (exact) mass is 415 g/mol. The summed E-state index contributed by atoms with van der Waals surface area (Å²) >= 11 is 1.71. The largest absolute Gasteiger partial charge is 0.354 e. The molecule has 3 rings (SSSR count). The van der Waals surface area contributed by atoms with Crippen molar-refractivity contribution in [3.8, 4) is 0 Å². The van der Waals surface area contributed by atoms with E-state index in [0.29, 0.717) is 12.5 Å². The van der Waals surface area contributed by atoms with Gasteiger partial charge in [-0.1, -0.05) is 49.6 Å². The maximum Gasteiger partial charge on any atom is 0.241 e. The molecular formula is C19H27Cl2N3OS. The molecule has 1 aliphatic carbocycles. The van der Waals surface area contributed by atoms with Crippen LogP contribution in [0.4, 0.5) is 0 Å². The van der Waals surface area contributed by atoms with Gasteiger partial charge in [0.05, 0.1) is 10.7 Å². The molecule has 0 spiro atoms. The van der Waals surface area contributed by atoms with Gasteiger partial charge in [-0.25, -0.2) is 4.98 Å². The Kier molecular flexibility index (Phi) is 10.2. The third kappa shape index (κ3) is 6.23. The second-order valence-electron chi connectivity index (χ2n) is 6.43. The van der Waals surface area contributed by atoms with Crippen LogP contribution in [0.3, 0.4) is 0 Å². The first kappa shape index (κ1) is 22.9. The molecule has 1 unspecified atom stereocenters. The van der Waals surface area contributed by atoms with Crippen molar-refractivity contribution in [2.75, 3.05) is 6.54 Å². The highest BCUT2D eigenvalue weighted by atomic mass is 35.5. The van der Waals surface area contributed by atoms with Gasteiger partial charge in [0.2, 0.25) is 5.91 Å². The first-order chi connectivity index (χ1) is 11.7. The average molecular weight is 416 g/mol. The molecule has 1 fully saturated rings. The van der Waals surface area contributed by atoms with Crippen molar-refractivity contribution in [1.29, 1.82) is 0 Å². The van der Waals surface area contributed by atoms with Crippen LogP contribution in [0.15, 0.2) is 35.7 Å². The lowest BCUT2D eigenvalue weighted by molar-refractivity contribution is -0.122. The van der Waals surface area contributed by atoms with Crippen molar-refractivity contribution in [3.63, 3.8) is 0 Å². The number of carbonyl (C=O) groups excluding carboxylic acids is 1. The predicted molar refractivity (Wildman–Crippen MR) is 113 cm³/mol. The lowest BCUT2D eigenvalue weighted by Crippen LogP contribution is -2.35. The molecule has 1 aliphatic rings. The number of hydrogen-bond donors (Lipinski definition) is 2. The first-order valence-electron chi connectivity index (χ1n) is 8.76. The van der Waals surface area contributed by atoms with E-state index in [0.717, 1.165) is 17.0 Å². The molecule has 1 saturated carbocycles. The van der Waals surface area contributed by atoms with Gasteiger partial charge < -0.3 is 11.1 Å². The third-order valence-corrected chi connectivity index (χ3v) is 5.60. The number of benzene rings is 1. The zero-order chi connectivity index (χ0) is 16.8. The number of nitrogens with one attached hydrogen (secondary N) is 1. The third-order valence-electron chi connectivity index (χ3n) is 4.67. The van der Waals surface area contributed by atoms with Crippen LogP contribution in [0.5, 0.6) is 0 Å². The fourth-order valence-corrected chi connectivity index (χ4v) is 4.12. The molecule has 26 heavy (non-hydrogen) atoms. The smallest absolute Gasteiger partial charge is 0.241 e. The molecule has 0 aliphatic heterocycles. The Hall–Kier alpha value is -1.14. The molecule has 144 valence electrons. The van der Waals surface area contributed by atoms with Crippen LogP contribution in [0.2, 0.25) is 0 Å². The maximum absolute atomic E-state index is 12.1. The van der Waals surface area contributed by atoms with E-state index in [1.807, 2.05) is 30.3 Å². The van der Waals surface area contributed by atoms with Crippen LogP contribution in [-0.4, -0.2) is 17.4 Å². The summed E-state index contributed by atoms with van der Waals surface area (Å²) in [6, 6.07) is 8.85. The first-order valence-corrected chi connectivity index (χ1v) is 9.64. The number of carbonyl (C=O) groups is 1. The summed E-state index contributed by atoms with van der Waals surface area (Å²) in [6.45, 7) is 0.580. The lowest BCUT2D eigenvalue weighted by Gasteiger charge is -2.19. The van der Waals surface area contributed by atoms with E-state index in [-0.39, 0.29) is 30.7 Å². The van der Waals surface area contributed by atoms with E-state index in [2.05, 4.69) is 10.7 Å². The standard InChI is InChI=1S/C19H25N3OS.2ClH/c20-18(15-9-5-2-6-10-15)19(23)21-12-11-17-22-16(13-24-17)14-7-3-1-4-8-14;;/h2,5-6,9-10,13-14,18H,1,3-4,7-8,11-12,20H2,(H,21,23);2*1H. The Labute approximate surface area is 171 Å². The van der Waals surface area contributed by atoms with Crippen molar-refractivity contribution >= 4 is 42.1 Å². The van der Waals surface area contributed by atoms with Gasteiger partial charge in [0.25, 0.3) is 0 Å². The van der Waals surface area contributed by atoms with Crippen LogP contribution >= 0.6 is 36.2 Å². The highest BCUT2D eigenvalue weighted by Crippen LogP contribution is 2.33. The van der Waals surface area contributed by atoms with Crippen LogP contribution in [-0.2, 0) is 11.2 Å². The molecule has 4 nitrogen and oxygen atoms in total. The number of aromatic nitrogens is 1. The van der Waals surface area contributed by atoms with E-state index < -0.39 is 6.04 Å². The normalized spacial score (nSPS) is 15.4. The quantitative estimate of drug-likeness (QED) is 0.734. The number of nitrogens with zero attached hydrogens (tertiary/aromatic N) is 1. The lowest BCUT2D eigenvalue weighted by atomic mass is 9.87. The van der Waals surface area contributed by atoms with E-state index in [9.17, 15) is 4.79 Å². The minimum absolute atomic E-state index is 0. The molecule has 1 atom stereocenters. The molecule has 3 N–H and O–H groups in total. The number of hydrogen-bond acceptors (Lipinski definition) is 4. The zero-order valence-corrected chi connectivity index (χ0v) is 17.2. The molecule has 0 radical (unpaired) electrons. The second kappa shape index (κ2) is 11.5. The molecule has 1 aromatic heterocycles. The van der Waals surface area contributed by atoms with Crippen molar-refractivity contribution in [1.82, 2.24) is 10.3 Å². The highest BCUT2D eigenvalue weighted by molar-refractivity contribution is 7.09. The van der Waals surface area contributed by atoms with Crippen molar-refractivity contribution in [2.45, 2.75) is 50.5 Å². The van der Waals surface area contributed by atoms with E-state index in [1.165, 1.54) is 37.8 Å². The summed E-state index contributed by atoms with van der Waals surface area (Å²) in [6.07, 6.45) is 7.32. The zero-order valence-electron chi connectivity index (χ0n) is 14.7. The van der Waals surface area contributed by atoms with Gasteiger partial charge in [-0.05, 0) is 18.4 Å². The van der Waals surface area contributed by atoms with E-state index in [1.54, 1.807) is 11.3 Å². The molecule has 7 heteroatoms. The molecule has 1 aromatic carbocycles. The Morgan fingerprint density at radius 2 is 1.88 bits per heavy atom. The van der Waals surface area contributed by atoms with Gasteiger partial charge in [-0.3, -0.25) is 4.79 Å². The van der Waals surface area contributed by atoms with Gasteiger partial charge in [-0.2, -0.15) is 0 Å². The van der Waals surface area contributed by atoms with Crippen LogP contribution in [0.25, 0.3) is 0 Å². The van der Waals surface area contributed by atoms with Crippen molar-refractivity contribution in [2.24, 2.45) is 5.73 Å². The Bertz CT molecular complexity index is 660. The average Bonchev–Trinajstić information content (AvgIpc) is 3.11. The van der Waals surface area contributed by atoms with Gasteiger partial charge in [0.1, 0.15) is 6.04 Å². The second-order valence-corrected chi connectivity index (χ2v) is 7.37. The van der Waals surface area contributed by atoms with Crippen LogP contribution in [0.1, 0.15) is 60.3 Å². The SMILES string of the molecule is Cl.Cl.NC(C(=O)NCCc1nc(C2CCCCC2)cs1)c1ccccc1. The van der Waals surface area contributed by atoms with E-state index >= 15 is 0 Å². The summed E-state index contributed by atoms with van der Waals surface area (Å²) in [5.41, 5.74) is 8.08. The van der Waals surface area contributed by atoms with Gasteiger partial charge >= 0.3 is 0 Å². The Balaban J connectivity index is 0.00000169. The molecule has 2 aromatic rings. The number of amides is 1. The fraction of sp³-hybridized carbons (Fsp3) is 0.474. The van der Waals surface area contributed by atoms with Crippen LogP contribution in [0, 0.1) is 0 Å². The van der Waals surface area contributed by atoms with E-state index in [4.69, 9.17) is 10.7 Å². The summed E-state index contributed by atoms with van der Waals surface area (Å²) < 4.78 is 0. The van der Waals surface area contributed by atoms with Gasteiger partial charge in [0.15, 0.2) is 0 Å². The number of thiazole rings is 1. The van der Waals surface area contributed by atoms with Crippen molar-refractivity contribution < 1.29 is 4.79 Å². The Morgan fingerprint density at radius 1 is 1.19 bits per heavy atom. The minimum atomic E-state index is -0.611. The minimum Gasteiger partial charge on any atom is -0.354 e. The number of nitrogens with two attached hydrogens (primary N) is 1. The summed E-state index contributed by atoms with van der Waals surface area (Å²) in [5, 5.41) is 6.22. The Morgan fingerprint density at radius 3 is 2.58 bits per heavy atom. The van der Waals surface area contributed by atoms with Crippen LogP contribution < -0.4 is 11.1 Å². The van der Waals surface area contributed by atoms with Gasteiger partial charge in [-0.15, -0.1) is 36.2 Å². The molecule has 0 saturated heterocycles. The summed E-state index contributed by atoms with van der Waals surface area (Å²) in [7, 11) is 0. The summed E-state index contributed by atoms with van der Waals surface area (Å²) in [4.78, 5) is 16.9. The molecular weight excluding hydrogens is 389 g/mol. The van der Waals surface area contributed by atoms with Gasteiger partial charge in [0, 0.05) is 24.3 Å². The number of halogens is 2. The molecule has 1 heterocycles. The summed E-state index contributed by atoms with van der Waals surface area (Å²) in [5.74, 6) is 0.509. The number of rotatable bonds is 6. The topological polar surface area (TPSA) is 68.0 Å².